The number of carbonyl (C=O) groups is 1. The molecule has 7 heteroatoms. The van der Waals surface area contributed by atoms with E-state index in [1.54, 1.807) is 18.3 Å². The van der Waals surface area contributed by atoms with Gasteiger partial charge in [0.15, 0.2) is 9.84 Å². The lowest BCUT2D eigenvalue weighted by molar-refractivity contribution is 0.0940. The number of aromatic nitrogens is 1. The number of rotatable bonds is 2. The summed E-state index contributed by atoms with van der Waals surface area (Å²) >= 11 is 4.98. The van der Waals surface area contributed by atoms with Crippen LogP contribution in [0.4, 0.5) is 0 Å². The fourth-order valence-corrected chi connectivity index (χ4v) is 3.67. The summed E-state index contributed by atoms with van der Waals surface area (Å²) < 4.78 is 22.8. The molecule has 2 N–H and O–H groups in total. The Balaban J connectivity index is 2.09. The molecule has 5 nitrogen and oxygen atoms in total. The van der Waals surface area contributed by atoms with E-state index in [0.29, 0.717) is 16.6 Å². The Kier molecular flexibility index (Phi) is 3.30. The van der Waals surface area contributed by atoms with Gasteiger partial charge in [-0.2, -0.15) is 0 Å². The first-order valence-electron chi connectivity index (χ1n) is 5.17. The number of hydrogen-bond acceptors (Lipinski definition) is 4. The van der Waals surface area contributed by atoms with E-state index in [1.165, 1.54) is 0 Å². The molecular formula is C10H12N2O3S2. The highest BCUT2D eigenvalue weighted by Gasteiger charge is 2.29. The summed E-state index contributed by atoms with van der Waals surface area (Å²) in [5.74, 6) is -0.171. The normalized spacial score (nSPS) is 22.2. The molecule has 0 unspecified atom stereocenters. The molecule has 92 valence electrons. The maximum atomic E-state index is 11.8. The third-order valence-electron chi connectivity index (χ3n) is 2.63. The molecule has 0 aromatic carbocycles. The molecule has 0 aliphatic carbocycles. The smallest absolute Gasteiger partial charge is 0.254 e. The first kappa shape index (κ1) is 12.3. The Morgan fingerprint density at radius 1 is 1.53 bits per heavy atom. The molecule has 0 saturated carbocycles. The van der Waals surface area contributed by atoms with Crippen molar-refractivity contribution in [1.29, 1.82) is 0 Å². The topological polar surface area (TPSA) is 79.0 Å². The third-order valence-corrected chi connectivity index (χ3v) is 4.74. The molecule has 1 amide bonds. The predicted molar refractivity (Wildman–Crippen MR) is 66.2 cm³/mol. The van der Waals surface area contributed by atoms with E-state index in [9.17, 15) is 13.2 Å². The minimum atomic E-state index is -2.98. The van der Waals surface area contributed by atoms with Crippen molar-refractivity contribution in [3.05, 3.63) is 28.5 Å². The van der Waals surface area contributed by atoms with Gasteiger partial charge >= 0.3 is 0 Å². The summed E-state index contributed by atoms with van der Waals surface area (Å²) in [6, 6.07) is 2.98. The SMILES string of the molecule is O=C(N[C@@H]1CCS(=O)(=O)C1)c1ccc[nH]c1=S. The van der Waals surface area contributed by atoms with Crippen LogP contribution >= 0.6 is 12.2 Å². The molecule has 17 heavy (non-hydrogen) atoms. The van der Waals surface area contributed by atoms with Crippen molar-refractivity contribution in [2.24, 2.45) is 0 Å². The fourth-order valence-electron chi connectivity index (χ4n) is 1.77. The van der Waals surface area contributed by atoms with Crippen molar-refractivity contribution in [3.8, 4) is 0 Å². The molecular weight excluding hydrogens is 260 g/mol. The van der Waals surface area contributed by atoms with Crippen molar-refractivity contribution in [2.75, 3.05) is 11.5 Å². The molecule has 1 saturated heterocycles. The summed E-state index contributed by atoms with van der Waals surface area (Å²) in [6.07, 6.45) is 2.11. The molecule has 1 aliphatic heterocycles. The van der Waals surface area contributed by atoms with Crippen LogP contribution < -0.4 is 5.32 Å². The highest BCUT2D eigenvalue weighted by Crippen LogP contribution is 2.12. The van der Waals surface area contributed by atoms with Crippen LogP contribution in [0.1, 0.15) is 16.8 Å². The van der Waals surface area contributed by atoms with Gasteiger partial charge in [0.05, 0.1) is 17.1 Å². The number of pyridine rings is 1. The number of H-pyrrole nitrogens is 1. The Labute approximate surface area is 104 Å². The average Bonchev–Trinajstić information content (AvgIpc) is 2.58. The number of hydrogen-bond donors (Lipinski definition) is 2. The molecule has 0 spiro atoms. The van der Waals surface area contributed by atoms with Crippen LogP contribution in [0.5, 0.6) is 0 Å². The van der Waals surface area contributed by atoms with E-state index < -0.39 is 9.84 Å². The molecule has 2 heterocycles. The quantitative estimate of drug-likeness (QED) is 0.775. The summed E-state index contributed by atoms with van der Waals surface area (Å²) in [5.41, 5.74) is 0.367. The highest BCUT2D eigenvalue weighted by atomic mass is 32.2. The first-order valence-corrected chi connectivity index (χ1v) is 7.40. The van der Waals surface area contributed by atoms with E-state index in [2.05, 4.69) is 10.3 Å². The van der Waals surface area contributed by atoms with Crippen LogP contribution in [0.3, 0.4) is 0 Å². The molecule has 0 bridgehead atoms. The van der Waals surface area contributed by atoms with Crippen molar-refractivity contribution in [1.82, 2.24) is 10.3 Å². The van der Waals surface area contributed by atoms with Gasteiger partial charge in [-0.05, 0) is 18.6 Å². The summed E-state index contributed by atoms with van der Waals surface area (Å²) in [7, 11) is -2.98. The van der Waals surface area contributed by atoms with E-state index in [0.717, 1.165) is 0 Å². The number of aromatic amines is 1. The average molecular weight is 272 g/mol. The van der Waals surface area contributed by atoms with Gasteiger partial charge in [-0.1, -0.05) is 12.2 Å². The van der Waals surface area contributed by atoms with Crippen LogP contribution in [-0.2, 0) is 9.84 Å². The number of amides is 1. The maximum Gasteiger partial charge on any atom is 0.254 e. The lowest BCUT2D eigenvalue weighted by Gasteiger charge is -2.10. The Morgan fingerprint density at radius 2 is 2.29 bits per heavy atom. The van der Waals surface area contributed by atoms with Crippen molar-refractivity contribution >= 4 is 28.0 Å². The second-order valence-electron chi connectivity index (χ2n) is 3.99. The lowest BCUT2D eigenvalue weighted by atomic mass is 10.2. The van der Waals surface area contributed by atoms with E-state index in [4.69, 9.17) is 12.2 Å². The zero-order chi connectivity index (χ0) is 12.5. The summed E-state index contributed by atoms with van der Waals surface area (Å²) in [5, 5.41) is 2.69. The van der Waals surface area contributed by atoms with Crippen molar-refractivity contribution in [3.63, 3.8) is 0 Å². The standard InChI is InChI=1S/C10H12N2O3S2/c13-9(8-2-1-4-11-10(8)16)12-7-3-5-17(14,15)6-7/h1-2,4,7H,3,5-6H2,(H,11,16)(H,12,13)/t7-/m1/s1. The number of sulfone groups is 1. The molecule has 1 atom stereocenters. The third kappa shape index (κ3) is 2.92. The molecule has 1 aromatic rings. The monoisotopic (exact) mass is 272 g/mol. The van der Waals surface area contributed by atoms with Crippen molar-refractivity contribution in [2.45, 2.75) is 12.5 Å². The van der Waals surface area contributed by atoms with Gasteiger partial charge in [-0.25, -0.2) is 8.42 Å². The Bertz CT molecular complexity index is 592. The van der Waals surface area contributed by atoms with Gasteiger partial charge in [0.25, 0.3) is 5.91 Å². The lowest BCUT2D eigenvalue weighted by Crippen LogP contribution is -2.35. The van der Waals surface area contributed by atoms with Crippen molar-refractivity contribution < 1.29 is 13.2 Å². The van der Waals surface area contributed by atoms with Gasteiger partial charge in [-0.3, -0.25) is 4.79 Å². The van der Waals surface area contributed by atoms with Gasteiger partial charge in [0, 0.05) is 12.2 Å². The van der Waals surface area contributed by atoms with Gasteiger partial charge in [0.1, 0.15) is 4.64 Å². The largest absolute Gasteiger partial charge is 0.352 e. The highest BCUT2D eigenvalue weighted by molar-refractivity contribution is 7.91. The molecule has 1 aliphatic rings. The zero-order valence-corrected chi connectivity index (χ0v) is 10.6. The van der Waals surface area contributed by atoms with Crippen LogP contribution in [-0.4, -0.2) is 36.9 Å². The Hall–Kier alpha value is -1.21. The van der Waals surface area contributed by atoms with Gasteiger partial charge in [-0.15, -0.1) is 0 Å². The van der Waals surface area contributed by atoms with Crippen LogP contribution in [0.15, 0.2) is 18.3 Å². The first-order chi connectivity index (χ1) is 7.98. The minimum absolute atomic E-state index is 0.0159. The number of carbonyl (C=O) groups excluding carboxylic acids is 1. The minimum Gasteiger partial charge on any atom is -0.352 e. The second-order valence-corrected chi connectivity index (χ2v) is 6.62. The molecule has 1 fully saturated rings. The van der Waals surface area contributed by atoms with Crippen LogP contribution in [0.2, 0.25) is 0 Å². The fraction of sp³-hybridized carbons (Fsp3) is 0.400. The number of nitrogens with one attached hydrogen (secondary N) is 2. The Morgan fingerprint density at radius 3 is 2.88 bits per heavy atom. The maximum absolute atomic E-state index is 11.8. The summed E-state index contributed by atoms with van der Waals surface area (Å²) in [6.45, 7) is 0. The van der Waals surface area contributed by atoms with E-state index in [-0.39, 0.29) is 23.5 Å². The summed E-state index contributed by atoms with van der Waals surface area (Å²) in [4.78, 5) is 14.6. The molecule has 0 radical (unpaired) electrons. The van der Waals surface area contributed by atoms with E-state index >= 15 is 0 Å². The second kappa shape index (κ2) is 4.58. The van der Waals surface area contributed by atoms with Gasteiger partial charge in [0.2, 0.25) is 0 Å². The van der Waals surface area contributed by atoms with E-state index in [1.807, 2.05) is 0 Å². The molecule has 2 rings (SSSR count). The molecule has 1 aromatic heterocycles. The zero-order valence-electron chi connectivity index (χ0n) is 8.97. The van der Waals surface area contributed by atoms with Crippen LogP contribution in [0.25, 0.3) is 0 Å². The van der Waals surface area contributed by atoms with Crippen LogP contribution in [0, 0.1) is 4.64 Å². The predicted octanol–water partition coefficient (Wildman–Crippen LogP) is 0.661. The van der Waals surface area contributed by atoms with Gasteiger partial charge < -0.3 is 10.3 Å².